The van der Waals surface area contributed by atoms with E-state index in [1.807, 2.05) is 0 Å². The Morgan fingerprint density at radius 2 is 2.00 bits per heavy atom. The smallest absolute Gasteiger partial charge is 0.270 e. The molecule has 0 aliphatic heterocycles. The first-order chi connectivity index (χ1) is 14.0. The maximum absolute atomic E-state index is 12.7. The number of amides is 2. The Hall–Kier alpha value is -3.13. The van der Waals surface area contributed by atoms with Gasteiger partial charge in [0.2, 0.25) is 5.88 Å². The predicted octanol–water partition coefficient (Wildman–Crippen LogP) is 2.60. The molecule has 9 heteroatoms. The van der Waals surface area contributed by atoms with E-state index in [4.69, 9.17) is 22.1 Å². The van der Waals surface area contributed by atoms with Crippen LogP contribution in [0.2, 0.25) is 5.02 Å². The average Bonchev–Trinajstić information content (AvgIpc) is 3.13. The van der Waals surface area contributed by atoms with Crippen LogP contribution in [0.3, 0.4) is 0 Å². The number of carbonyl (C=O) groups excluding carboxylic acids is 2. The third-order valence-electron chi connectivity index (χ3n) is 5.03. The molecule has 1 aliphatic rings. The summed E-state index contributed by atoms with van der Waals surface area (Å²) in [6.45, 7) is 0. The second kappa shape index (κ2) is 8.08. The minimum absolute atomic E-state index is 0.0412. The number of nitrogens with zero attached hydrogens (tertiary/aromatic N) is 3. The highest BCUT2D eigenvalue weighted by Gasteiger charge is 2.26. The first kappa shape index (κ1) is 19.2. The molecule has 3 aromatic heterocycles. The Morgan fingerprint density at radius 1 is 1.21 bits per heavy atom. The number of fused-ring (bicyclic) bond motifs is 1. The summed E-state index contributed by atoms with van der Waals surface area (Å²) in [5.41, 5.74) is 6.74. The average molecular weight is 414 g/mol. The molecule has 3 N–H and O–H groups in total. The topological polar surface area (TPSA) is 112 Å². The standard InChI is InChI=1S/C20H20ClN5O3/c21-12-7-9-26-16(11-24-17(26)10-12)19(28)25-13-3-5-14(6-4-13)29-20-15(18(22)27)2-1-8-23-20/h1-2,7-11,13-14H,3-6H2,(H2,22,27)(H,25,28). The van der Waals surface area contributed by atoms with Crippen molar-refractivity contribution in [1.82, 2.24) is 19.7 Å². The van der Waals surface area contributed by atoms with Crippen LogP contribution >= 0.6 is 11.6 Å². The number of hydrogen-bond donors (Lipinski definition) is 2. The molecule has 4 rings (SSSR count). The van der Waals surface area contributed by atoms with Crippen LogP contribution in [0.25, 0.3) is 5.65 Å². The monoisotopic (exact) mass is 413 g/mol. The van der Waals surface area contributed by atoms with E-state index in [2.05, 4.69) is 15.3 Å². The van der Waals surface area contributed by atoms with Gasteiger partial charge in [-0.15, -0.1) is 0 Å². The van der Waals surface area contributed by atoms with E-state index in [1.54, 1.807) is 47.3 Å². The van der Waals surface area contributed by atoms with Gasteiger partial charge in [0, 0.05) is 29.5 Å². The SMILES string of the molecule is NC(=O)c1cccnc1OC1CCC(NC(=O)c2cnc3cc(Cl)ccn23)CC1. The van der Waals surface area contributed by atoms with Crippen molar-refractivity contribution in [3.05, 3.63) is 59.1 Å². The lowest BCUT2D eigenvalue weighted by Crippen LogP contribution is -2.40. The molecular formula is C20H20ClN5O3. The molecule has 0 atom stereocenters. The van der Waals surface area contributed by atoms with Crippen LogP contribution in [0.5, 0.6) is 5.88 Å². The molecule has 29 heavy (non-hydrogen) atoms. The molecule has 1 fully saturated rings. The third kappa shape index (κ3) is 4.17. The number of rotatable bonds is 5. The fourth-order valence-electron chi connectivity index (χ4n) is 3.54. The zero-order valence-corrected chi connectivity index (χ0v) is 16.3. The fourth-order valence-corrected chi connectivity index (χ4v) is 3.69. The molecule has 2 amide bonds. The Kier molecular flexibility index (Phi) is 5.35. The number of primary amides is 1. The van der Waals surface area contributed by atoms with Crippen molar-refractivity contribution < 1.29 is 14.3 Å². The van der Waals surface area contributed by atoms with Gasteiger partial charge >= 0.3 is 0 Å². The van der Waals surface area contributed by atoms with E-state index in [1.165, 1.54) is 0 Å². The lowest BCUT2D eigenvalue weighted by Gasteiger charge is -2.29. The van der Waals surface area contributed by atoms with Crippen molar-refractivity contribution in [2.24, 2.45) is 5.73 Å². The molecule has 3 heterocycles. The lowest BCUT2D eigenvalue weighted by molar-refractivity contribution is 0.0876. The van der Waals surface area contributed by atoms with Crippen molar-refractivity contribution in [2.75, 3.05) is 0 Å². The Balaban J connectivity index is 1.35. The van der Waals surface area contributed by atoms with Crippen LogP contribution in [0.15, 0.2) is 42.9 Å². The van der Waals surface area contributed by atoms with Gasteiger partial charge in [0.15, 0.2) is 0 Å². The number of ether oxygens (including phenoxy) is 1. The van der Waals surface area contributed by atoms with E-state index < -0.39 is 5.91 Å². The quantitative estimate of drug-likeness (QED) is 0.667. The summed E-state index contributed by atoms with van der Waals surface area (Å²) in [6, 6.07) is 6.71. The number of carbonyl (C=O) groups is 2. The lowest BCUT2D eigenvalue weighted by atomic mass is 9.93. The summed E-state index contributed by atoms with van der Waals surface area (Å²) in [5.74, 6) is -0.481. The van der Waals surface area contributed by atoms with E-state index in [-0.39, 0.29) is 29.5 Å². The minimum Gasteiger partial charge on any atom is -0.474 e. The molecule has 0 bridgehead atoms. The highest BCUT2D eigenvalue weighted by Crippen LogP contribution is 2.25. The molecule has 0 aromatic carbocycles. The Morgan fingerprint density at radius 3 is 2.76 bits per heavy atom. The van der Waals surface area contributed by atoms with Crippen LogP contribution in [0.1, 0.15) is 46.5 Å². The summed E-state index contributed by atoms with van der Waals surface area (Å²) < 4.78 is 7.60. The van der Waals surface area contributed by atoms with Crippen LogP contribution < -0.4 is 15.8 Å². The van der Waals surface area contributed by atoms with E-state index in [9.17, 15) is 9.59 Å². The van der Waals surface area contributed by atoms with E-state index in [0.717, 1.165) is 25.7 Å². The summed E-state index contributed by atoms with van der Waals surface area (Å²) in [4.78, 5) is 32.5. The molecule has 8 nitrogen and oxygen atoms in total. The number of nitrogens with one attached hydrogen (secondary N) is 1. The van der Waals surface area contributed by atoms with Gasteiger partial charge in [-0.3, -0.25) is 14.0 Å². The van der Waals surface area contributed by atoms with Gasteiger partial charge in [-0.05, 0) is 43.9 Å². The van der Waals surface area contributed by atoms with Gasteiger partial charge in [0.1, 0.15) is 23.0 Å². The molecule has 0 unspecified atom stereocenters. The van der Waals surface area contributed by atoms with Gasteiger partial charge in [-0.1, -0.05) is 11.6 Å². The first-order valence-corrected chi connectivity index (χ1v) is 9.74. The summed E-state index contributed by atoms with van der Waals surface area (Å²) in [6.07, 6.45) is 7.77. The van der Waals surface area contributed by atoms with Crippen LogP contribution in [-0.4, -0.2) is 38.3 Å². The van der Waals surface area contributed by atoms with Crippen molar-refractivity contribution in [3.63, 3.8) is 0 Å². The second-order valence-corrected chi connectivity index (χ2v) is 7.44. The summed E-state index contributed by atoms with van der Waals surface area (Å²) in [5, 5.41) is 3.63. The number of pyridine rings is 2. The van der Waals surface area contributed by atoms with Crippen molar-refractivity contribution in [3.8, 4) is 5.88 Å². The summed E-state index contributed by atoms with van der Waals surface area (Å²) in [7, 11) is 0. The van der Waals surface area contributed by atoms with E-state index in [0.29, 0.717) is 16.4 Å². The molecule has 1 aliphatic carbocycles. The predicted molar refractivity (Wildman–Crippen MR) is 107 cm³/mol. The van der Waals surface area contributed by atoms with Crippen LogP contribution in [-0.2, 0) is 0 Å². The van der Waals surface area contributed by atoms with Gasteiger partial charge < -0.3 is 15.8 Å². The van der Waals surface area contributed by atoms with Gasteiger partial charge in [-0.25, -0.2) is 9.97 Å². The second-order valence-electron chi connectivity index (χ2n) is 7.00. The number of hydrogen-bond acceptors (Lipinski definition) is 5. The zero-order valence-electron chi connectivity index (χ0n) is 15.5. The minimum atomic E-state index is -0.566. The molecule has 1 saturated carbocycles. The van der Waals surface area contributed by atoms with Gasteiger partial charge in [-0.2, -0.15) is 0 Å². The largest absolute Gasteiger partial charge is 0.474 e. The molecule has 3 aromatic rings. The number of halogens is 1. The van der Waals surface area contributed by atoms with Crippen molar-refractivity contribution in [2.45, 2.75) is 37.8 Å². The van der Waals surface area contributed by atoms with Crippen LogP contribution in [0, 0.1) is 0 Å². The highest BCUT2D eigenvalue weighted by molar-refractivity contribution is 6.30. The van der Waals surface area contributed by atoms with Crippen LogP contribution in [0.4, 0.5) is 0 Å². The molecular weight excluding hydrogens is 394 g/mol. The molecule has 150 valence electrons. The van der Waals surface area contributed by atoms with Crippen molar-refractivity contribution >= 4 is 29.1 Å². The highest BCUT2D eigenvalue weighted by atomic mass is 35.5. The number of imidazole rings is 1. The fraction of sp³-hybridized carbons (Fsp3) is 0.300. The molecule has 0 saturated heterocycles. The third-order valence-corrected chi connectivity index (χ3v) is 5.27. The normalized spacial score (nSPS) is 19.1. The zero-order chi connectivity index (χ0) is 20.4. The van der Waals surface area contributed by atoms with Gasteiger partial charge in [0.25, 0.3) is 11.8 Å². The first-order valence-electron chi connectivity index (χ1n) is 9.36. The van der Waals surface area contributed by atoms with E-state index >= 15 is 0 Å². The maximum Gasteiger partial charge on any atom is 0.270 e. The number of aromatic nitrogens is 3. The maximum atomic E-state index is 12.7. The number of nitrogens with two attached hydrogens (primary N) is 1. The van der Waals surface area contributed by atoms with Crippen molar-refractivity contribution in [1.29, 1.82) is 0 Å². The summed E-state index contributed by atoms with van der Waals surface area (Å²) >= 11 is 5.97. The Labute approximate surface area is 172 Å². The molecule has 0 spiro atoms. The van der Waals surface area contributed by atoms with Gasteiger partial charge in [0.05, 0.1) is 6.20 Å². The molecule has 0 radical (unpaired) electrons. The Bertz CT molecular complexity index is 1060.